The van der Waals surface area contributed by atoms with E-state index < -0.39 is 25.4 Å². The van der Waals surface area contributed by atoms with Gasteiger partial charge in [0.15, 0.2) is 0 Å². The summed E-state index contributed by atoms with van der Waals surface area (Å²) >= 11 is 0.581. The number of carbonyl (C=O) groups is 1. The Bertz CT molecular complexity index is 1180. The van der Waals surface area contributed by atoms with Gasteiger partial charge in [-0.1, -0.05) is 44.9 Å². The number of rotatable bonds is 9. The Kier molecular flexibility index (Phi) is 8.03. The average Bonchev–Trinajstić information content (AvgIpc) is 3.14. The number of amides is 1. The van der Waals surface area contributed by atoms with Crippen LogP contribution in [0, 0.1) is 0 Å². The van der Waals surface area contributed by atoms with Gasteiger partial charge in [0, 0.05) is 19.5 Å². The van der Waals surface area contributed by atoms with E-state index >= 15 is 0 Å². The van der Waals surface area contributed by atoms with Crippen molar-refractivity contribution in [2.45, 2.75) is 77.5 Å². The second-order valence-corrected chi connectivity index (χ2v) is 13.9. The fraction of sp³-hybridized carbons (Fsp3) is 0.522. The maximum atomic E-state index is 13.3. The van der Waals surface area contributed by atoms with Gasteiger partial charge in [-0.2, -0.15) is 8.42 Å². The van der Waals surface area contributed by atoms with E-state index in [1.54, 1.807) is 18.2 Å². The van der Waals surface area contributed by atoms with Gasteiger partial charge >= 0.3 is 10.1 Å². The molecular weight excluding hydrogens is 482 g/mol. The van der Waals surface area contributed by atoms with E-state index in [2.05, 4.69) is 0 Å². The lowest BCUT2D eigenvalue weighted by molar-refractivity contribution is -0.130. The van der Waals surface area contributed by atoms with Crippen LogP contribution in [0.5, 0.6) is 0 Å². The van der Waals surface area contributed by atoms with Crippen molar-refractivity contribution in [3.63, 3.8) is 0 Å². The topological polar surface area (TPSA) is 109 Å². The molecule has 182 valence electrons. The molecule has 1 aliphatic rings. The minimum absolute atomic E-state index is 0.0611. The molecule has 1 aromatic heterocycles. The zero-order chi connectivity index (χ0) is 24.3. The van der Waals surface area contributed by atoms with E-state index in [0.717, 1.165) is 38.6 Å². The van der Waals surface area contributed by atoms with Crippen LogP contribution in [0.25, 0.3) is 0 Å². The van der Waals surface area contributed by atoms with E-state index in [0.29, 0.717) is 36.3 Å². The summed E-state index contributed by atoms with van der Waals surface area (Å²) in [5.74, 6) is 0.193. The lowest BCUT2D eigenvalue weighted by atomic mass is 9.81. The van der Waals surface area contributed by atoms with Crippen molar-refractivity contribution >= 4 is 37.2 Å². The highest BCUT2D eigenvalue weighted by Crippen LogP contribution is 2.42. The van der Waals surface area contributed by atoms with Crippen LogP contribution in [0.1, 0.15) is 64.4 Å². The van der Waals surface area contributed by atoms with Gasteiger partial charge in [-0.15, -0.1) is 11.3 Å². The summed E-state index contributed by atoms with van der Waals surface area (Å²) in [5, 5.41) is 0. The zero-order valence-electron chi connectivity index (χ0n) is 19.0. The van der Waals surface area contributed by atoms with Gasteiger partial charge in [-0.3, -0.25) is 9.35 Å². The molecule has 2 heterocycles. The Balaban J connectivity index is 1.82. The van der Waals surface area contributed by atoms with Crippen LogP contribution < -0.4 is 0 Å². The molecule has 0 aliphatic carbocycles. The van der Waals surface area contributed by atoms with Crippen LogP contribution in [0.4, 0.5) is 0 Å². The predicted molar refractivity (Wildman–Crippen MR) is 128 cm³/mol. The molecule has 1 saturated heterocycles. The third-order valence-electron chi connectivity index (χ3n) is 6.11. The molecule has 1 fully saturated rings. The molecular formula is C23H31NO6S3. The first-order valence-corrected chi connectivity index (χ1v) is 14.9. The van der Waals surface area contributed by atoms with Crippen molar-refractivity contribution in [2.75, 3.05) is 13.1 Å². The van der Waals surface area contributed by atoms with E-state index in [9.17, 15) is 26.2 Å². The first-order chi connectivity index (χ1) is 15.4. The standard InChI is InChI=1S/C23H31NO6S3/c1-23(2,14-8-10-16-24-15-9-4-7-13-20(24)25)19-17-21(33(28,29)30)31-22(19)32(26,27)18-11-5-3-6-12-18/h3,5-6,11-12,17H,4,7-10,13-16H2,1-2H3,(H,28,29,30). The second-order valence-electron chi connectivity index (χ2n) is 9.09. The maximum Gasteiger partial charge on any atom is 0.304 e. The zero-order valence-corrected chi connectivity index (χ0v) is 21.4. The number of benzene rings is 1. The van der Waals surface area contributed by atoms with Crippen molar-refractivity contribution in [1.82, 2.24) is 4.90 Å². The number of hydrogen-bond donors (Lipinski definition) is 1. The average molecular weight is 514 g/mol. The third kappa shape index (κ3) is 6.23. The van der Waals surface area contributed by atoms with Gasteiger partial charge < -0.3 is 4.90 Å². The summed E-state index contributed by atoms with van der Waals surface area (Å²) in [4.78, 5) is 14.2. The molecule has 1 amide bonds. The molecule has 2 aromatic rings. The molecule has 0 saturated carbocycles. The second kappa shape index (κ2) is 10.2. The molecule has 0 radical (unpaired) electrons. The van der Waals surface area contributed by atoms with E-state index in [1.165, 1.54) is 18.2 Å². The van der Waals surface area contributed by atoms with E-state index in [4.69, 9.17) is 0 Å². The van der Waals surface area contributed by atoms with Crippen LogP contribution in [0.3, 0.4) is 0 Å². The smallest absolute Gasteiger partial charge is 0.304 e. The summed E-state index contributed by atoms with van der Waals surface area (Å²) < 4.78 is 59.5. The van der Waals surface area contributed by atoms with Crippen molar-refractivity contribution < 1.29 is 26.2 Å². The van der Waals surface area contributed by atoms with Crippen molar-refractivity contribution in [3.05, 3.63) is 42.0 Å². The Morgan fingerprint density at radius 2 is 1.73 bits per heavy atom. The van der Waals surface area contributed by atoms with E-state index in [1.807, 2.05) is 18.7 Å². The normalized spacial score (nSPS) is 16.1. The number of sulfone groups is 1. The lowest BCUT2D eigenvalue weighted by Gasteiger charge is -2.26. The van der Waals surface area contributed by atoms with Crippen LogP contribution >= 0.6 is 11.3 Å². The van der Waals surface area contributed by atoms with Crippen LogP contribution in [0.15, 0.2) is 49.7 Å². The van der Waals surface area contributed by atoms with Gasteiger partial charge in [-0.05, 0) is 54.9 Å². The minimum Gasteiger partial charge on any atom is -0.343 e. The van der Waals surface area contributed by atoms with Crippen molar-refractivity contribution in [1.29, 1.82) is 0 Å². The summed E-state index contributed by atoms with van der Waals surface area (Å²) in [5.41, 5.74) is -0.269. The molecule has 0 atom stereocenters. The number of unbranched alkanes of at least 4 members (excludes halogenated alkanes) is 1. The Morgan fingerprint density at radius 3 is 2.39 bits per heavy atom. The molecule has 1 aliphatic heterocycles. The van der Waals surface area contributed by atoms with E-state index in [-0.39, 0.29) is 19.2 Å². The van der Waals surface area contributed by atoms with Gasteiger partial charge in [0.2, 0.25) is 15.7 Å². The Hall–Kier alpha value is -1.75. The molecule has 10 heteroatoms. The minimum atomic E-state index is -4.55. The highest BCUT2D eigenvalue weighted by atomic mass is 32.3. The molecule has 1 N–H and O–H groups in total. The largest absolute Gasteiger partial charge is 0.343 e. The van der Waals surface area contributed by atoms with Gasteiger partial charge in [-0.25, -0.2) is 8.42 Å². The quantitative estimate of drug-likeness (QED) is 0.385. The molecule has 7 nitrogen and oxygen atoms in total. The fourth-order valence-electron chi connectivity index (χ4n) is 4.14. The number of likely N-dealkylation sites (tertiary alicyclic amines) is 1. The first kappa shape index (κ1) is 25.9. The summed E-state index contributed by atoms with van der Waals surface area (Å²) in [6.45, 7) is 5.21. The van der Waals surface area contributed by atoms with Crippen molar-refractivity contribution in [2.24, 2.45) is 0 Å². The number of hydrogen-bond acceptors (Lipinski definition) is 6. The number of carbonyl (C=O) groups excluding carboxylic acids is 1. The lowest BCUT2D eigenvalue weighted by Crippen LogP contribution is -2.31. The molecule has 3 rings (SSSR count). The Labute approximate surface area is 200 Å². The summed E-state index contributed by atoms with van der Waals surface area (Å²) in [6, 6.07) is 9.15. The van der Waals surface area contributed by atoms with Crippen LogP contribution in [-0.2, 0) is 30.2 Å². The molecule has 1 aromatic carbocycles. The monoisotopic (exact) mass is 513 g/mol. The highest BCUT2D eigenvalue weighted by Gasteiger charge is 2.34. The summed E-state index contributed by atoms with van der Waals surface area (Å²) in [7, 11) is -8.51. The predicted octanol–water partition coefficient (Wildman–Crippen LogP) is 4.68. The molecule has 33 heavy (non-hydrogen) atoms. The number of nitrogens with zero attached hydrogens (tertiary/aromatic N) is 1. The molecule has 0 spiro atoms. The SMILES string of the molecule is CC(C)(CCCCN1CCCCCC1=O)c1cc(S(=O)(=O)O)sc1S(=O)(=O)c1ccccc1. The third-order valence-corrected chi connectivity index (χ3v) is 10.8. The highest BCUT2D eigenvalue weighted by molar-refractivity contribution is 7.94. The molecule has 0 unspecified atom stereocenters. The molecule has 0 bridgehead atoms. The van der Waals surface area contributed by atoms with Crippen molar-refractivity contribution in [3.8, 4) is 0 Å². The van der Waals surface area contributed by atoms with Crippen LogP contribution in [0.2, 0.25) is 0 Å². The fourth-order valence-corrected chi connectivity index (χ4v) is 8.39. The van der Waals surface area contributed by atoms with Gasteiger partial charge in [0.25, 0.3) is 0 Å². The maximum absolute atomic E-state index is 13.3. The van der Waals surface area contributed by atoms with Gasteiger partial charge in [0.05, 0.1) is 4.90 Å². The summed E-state index contributed by atoms with van der Waals surface area (Å²) in [6.07, 6.45) is 5.76. The van der Waals surface area contributed by atoms with Gasteiger partial charge in [0.1, 0.15) is 8.42 Å². The Morgan fingerprint density at radius 1 is 1.03 bits per heavy atom. The first-order valence-electron chi connectivity index (χ1n) is 11.1. The number of thiophene rings is 1. The van der Waals surface area contributed by atoms with Crippen LogP contribution in [-0.4, -0.2) is 45.3 Å².